The second kappa shape index (κ2) is 5.29. The van der Waals surface area contributed by atoms with Crippen LogP contribution in [0, 0.1) is 5.82 Å². The summed E-state index contributed by atoms with van der Waals surface area (Å²) in [5, 5.41) is 11.7. The van der Waals surface area contributed by atoms with Crippen molar-refractivity contribution >= 4 is 11.9 Å². The predicted molar refractivity (Wildman–Crippen MR) is 75.8 cm³/mol. The van der Waals surface area contributed by atoms with Gasteiger partial charge in [0.15, 0.2) is 5.76 Å². The maximum atomic E-state index is 12.9. The normalized spacial score (nSPS) is 15.9. The summed E-state index contributed by atoms with van der Waals surface area (Å²) in [6, 6.07) is 8.75. The average Bonchev–Trinajstić information content (AvgIpc) is 2.93. The van der Waals surface area contributed by atoms with Crippen LogP contribution in [0.25, 0.3) is 11.3 Å². The van der Waals surface area contributed by atoms with Gasteiger partial charge in [-0.25, -0.2) is 9.18 Å². The molecule has 1 aromatic heterocycles. The lowest BCUT2D eigenvalue weighted by Crippen LogP contribution is -2.59. The van der Waals surface area contributed by atoms with Crippen LogP contribution in [0.1, 0.15) is 29.8 Å². The highest BCUT2D eigenvalue weighted by molar-refractivity contribution is 5.96. The van der Waals surface area contributed by atoms with Gasteiger partial charge in [0.25, 0.3) is 5.91 Å². The van der Waals surface area contributed by atoms with Gasteiger partial charge in [-0.05, 0) is 55.7 Å². The Bertz CT molecular complexity index is 716. The number of furan rings is 1. The van der Waals surface area contributed by atoms with E-state index in [0.29, 0.717) is 24.2 Å². The van der Waals surface area contributed by atoms with Gasteiger partial charge in [0, 0.05) is 5.56 Å². The average molecular weight is 303 g/mol. The van der Waals surface area contributed by atoms with E-state index in [4.69, 9.17) is 4.42 Å². The molecular weight excluding hydrogens is 289 g/mol. The zero-order chi connectivity index (χ0) is 15.7. The third kappa shape index (κ3) is 2.47. The Morgan fingerprint density at radius 3 is 2.36 bits per heavy atom. The van der Waals surface area contributed by atoms with Crippen molar-refractivity contribution in [2.45, 2.75) is 24.8 Å². The zero-order valence-corrected chi connectivity index (χ0v) is 11.6. The molecule has 22 heavy (non-hydrogen) atoms. The van der Waals surface area contributed by atoms with Crippen LogP contribution in [0.3, 0.4) is 0 Å². The van der Waals surface area contributed by atoms with Crippen LogP contribution in [-0.2, 0) is 4.79 Å². The predicted octanol–water partition coefficient (Wildman–Crippen LogP) is 2.82. The van der Waals surface area contributed by atoms with Gasteiger partial charge >= 0.3 is 5.97 Å². The molecule has 0 radical (unpaired) electrons. The van der Waals surface area contributed by atoms with E-state index in [0.717, 1.165) is 6.42 Å². The standard InChI is InChI=1S/C16H14FNO4/c17-11-4-2-10(3-5-11)12-6-7-13(22-12)14(19)18-16(15(20)21)8-1-9-16/h2-7H,1,8-9H2,(H,18,19)(H,20,21). The first kappa shape index (κ1) is 14.3. The van der Waals surface area contributed by atoms with Crippen LogP contribution < -0.4 is 5.32 Å². The van der Waals surface area contributed by atoms with Gasteiger partial charge in [-0.15, -0.1) is 0 Å². The quantitative estimate of drug-likeness (QED) is 0.910. The molecule has 1 heterocycles. The number of amides is 1. The minimum Gasteiger partial charge on any atom is -0.480 e. The summed E-state index contributed by atoms with van der Waals surface area (Å²) in [6.45, 7) is 0. The van der Waals surface area contributed by atoms with Crippen molar-refractivity contribution in [1.82, 2.24) is 5.32 Å². The maximum Gasteiger partial charge on any atom is 0.329 e. The van der Waals surface area contributed by atoms with Crippen molar-refractivity contribution in [2.24, 2.45) is 0 Å². The number of carboxylic acids is 1. The molecule has 0 aliphatic heterocycles. The summed E-state index contributed by atoms with van der Waals surface area (Å²) in [5.41, 5.74) is -0.544. The number of halogens is 1. The molecule has 1 fully saturated rings. The number of benzene rings is 1. The Hall–Kier alpha value is -2.63. The van der Waals surface area contributed by atoms with E-state index in [9.17, 15) is 19.1 Å². The summed E-state index contributed by atoms with van der Waals surface area (Å²) in [5.74, 6) is -1.50. The van der Waals surface area contributed by atoms with E-state index >= 15 is 0 Å². The van der Waals surface area contributed by atoms with E-state index in [-0.39, 0.29) is 11.6 Å². The maximum absolute atomic E-state index is 12.9. The Labute approximate surface area is 125 Å². The second-order valence-electron chi connectivity index (χ2n) is 5.37. The first-order valence-corrected chi connectivity index (χ1v) is 6.92. The minimum atomic E-state index is -1.18. The highest BCUT2D eigenvalue weighted by Gasteiger charge is 2.46. The third-order valence-corrected chi connectivity index (χ3v) is 3.93. The second-order valence-corrected chi connectivity index (χ2v) is 5.37. The van der Waals surface area contributed by atoms with E-state index < -0.39 is 17.4 Å². The summed E-state index contributed by atoms with van der Waals surface area (Å²) in [4.78, 5) is 23.4. The summed E-state index contributed by atoms with van der Waals surface area (Å²) in [6.07, 6.45) is 1.60. The van der Waals surface area contributed by atoms with Gasteiger partial charge in [-0.2, -0.15) is 0 Å². The van der Waals surface area contributed by atoms with E-state index in [1.807, 2.05) is 0 Å². The number of nitrogens with one attached hydrogen (secondary N) is 1. The van der Waals surface area contributed by atoms with Crippen LogP contribution in [0.2, 0.25) is 0 Å². The number of hydrogen-bond donors (Lipinski definition) is 2. The van der Waals surface area contributed by atoms with Gasteiger partial charge in [-0.3, -0.25) is 4.79 Å². The molecule has 0 unspecified atom stereocenters. The van der Waals surface area contributed by atoms with Crippen molar-refractivity contribution in [2.75, 3.05) is 0 Å². The summed E-state index contributed by atoms with van der Waals surface area (Å²) >= 11 is 0. The fraction of sp³-hybridized carbons (Fsp3) is 0.250. The molecule has 1 aliphatic rings. The van der Waals surface area contributed by atoms with E-state index in [1.165, 1.54) is 18.2 Å². The fourth-order valence-electron chi connectivity index (χ4n) is 2.43. The SMILES string of the molecule is O=C(NC1(C(=O)O)CCC1)c1ccc(-c2ccc(F)cc2)o1. The number of carbonyl (C=O) groups is 2. The highest BCUT2D eigenvalue weighted by Crippen LogP contribution is 2.32. The number of rotatable bonds is 4. The lowest BCUT2D eigenvalue weighted by Gasteiger charge is -2.37. The first-order valence-electron chi connectivity index (χ1n) is 6.92. The zero-order valence-electron chi connectivity index (χ0n) is 11.6. The third-order valence-electron chi connectivity index (χ3n) is 3.93. The van der Waals surface area contributed by atoms with Crippen molar-refractivity contribution in [3.05, 3.63) is 48.0 Å². The van der Waals surface area contributed by atoms with Crippen molar-refractivity contribution < 1.29 is 23.5 Å². The Balaban J connectivity index is 1.77. The number of hydrogen-bond acceptors (Lipinski definition) is 3. The molecule has 1 aromatic carbocycles. The molecule has 5 nitrogen and oxygen atoms in total. The molecule has 114 valence electrons. The topological polar surface area (TPSA) is 79.5 Å². The minimum absolute atomic E-state index is 0.0341. The van der Waals surface area contributed by atoms with Crippen LogP contribution >= 0.6 is 0 Å². The molecule has 1 saturated carbocycles. The van der Waals surface area contributed by atoms with Crippen molar-refractivity contribution in [3.8, 4) is 11.3 Å². The Morgan fingerprint density at radius 1 is 1.14 bits per heavy atom. The number of carbonyl (C=O) groups excluding carboxylic acids is 1. The van der Waals surface area contributed by atoms with Crippen LogP contribution in [0.5, 0.6) is 0 Å². The van der Waals surface area contributed by atoms with E-state index in [1.54, 1.807) is 18.2 Å². The van der Waals surface area contributed by atoms with Gasteiger partial charge in [-0.1, -0.05) is 0 Å². The first-order chi connectivity index (χ1) is 10.5. The molecule has 2 N–H and O–H groups in total. The van der Waals surface area contributed by atoms with Crippen LogP contribution in [0.4, 0.5) is 4.39 Å². The fourth-order valence-corrected chi connectivity index (χ4v) is 2.43. The molecule has 0 atom stereocenters. The van der Waals surface area contributed by atoms with Crippen LogP contribution in [-0.4, -0.2) is 22.5 Å². The van der Waals surface area contributed by atoms with Gasteiger partial charge in [0.1, 0.15) is 17.1 Å². The molecule has 0 saturated heterocycles. The van der Waals surface area contributed by atoms with Crippen molar-refractivity contribution in [3.63, 3.8) is 0 Å². The van der Waals surface area contributed by atoms with Gasteiger partial charge in [0.2, 0.25) is 0 Å². The van der Waals surface area contributed by atoms with Gasteiger partial charge < -0.3 is 14.8 Å². The number of aliphatic carboxylic acids is 1. The smallest absolute Gasteiger partial charge is 0.329 e. The molecule has 0 bridgehead atoms. The monoisotopic (exact) mass is 303 g/mol. The largest absolute Gasteiger partial charge is 0.480 e. The molecule has 1 amide bonds. The molecule has 3 rings (SSSR count). The molecule has 0 spiro atoms. The lowest BCUT2D eigenvalue weighted by atomic mass is 9.76. The lowest BCUT2D eigenvalue weighted by molar-refractivity contribution is -0.148. The number of carboxylic acid groups (broad SMARTS) is 1. The molecule has 1 aliphatic carbocycles. The van der Waals surface area contributed by atoms with Gasteiger partial charge in [0.05, 0.1) is 0 Å². The molecular formula is C16H14FNO4. The highest BCUT2D eigenvalue weighted by atomic mass is 19.1. The summed E-state index contributed by atoms with van der Waals surface area (Å²) in [7, 11) is 0. The molecule has 6 heteroatoms. The van der Waals surface area contributed by atoms with Crippen molar-refractivity contribution in [1.29, 1.82) is 0 Å². The van der Waals surface area contributed by atoms with Crippen LogP contribution in [0.15, 0.2) is 40.8 Å². The summed E-state index contributed by atoms with van der Waals surface area (Å²) < 4.78 is 18.3. The Kier molecular flexibility index (Phi) is 3.44. The molecule has 2 aromatic rings. The van der Waals surface area contributed by atoms with E-state index in [2.05, 4.69) is 5.32 Å². The Morgan fingerprint density at radius 2 is 1.82 bits per heavy atom.